The number of hydrogen-bond acceptors (Lipinski definition) is 3. The van der Waals surface area contributed by atoms with Crippen molar-refractivity contribution in [3.8, 4) is 5.75 Å². The Morgan fingerprint density at radius 3 is 1.90 bits per heavy atom. The second kappa shape index (κ2) is 8.48. The van der Waals surface area contributed by atoms with Crippen LogP contribution in [0.1, 0.15) is 12.5 Å². The molecule has 0 unspecified atom stereocenters. The van der Waals surface area contributed by atoms with E-state index in [0.29, 0.717) is 5.75 Å². The predicted octanol–water partition coefficient (Wildman–Crippen LogP) is 2.93. The smallest absolute Gasteiger partial charge is 0.308 e. The maximum absolute atomic E-state index is 10.4. The Balaban J connectivity index is 0.000000200. The van der Waals surface area contributed by atoms with Crippen LogP contribution in [0, 0.1) is 0 Å². The SMILES string of the molecule is CC(=O)Oc1ccccc1.O=C(O)Cc1ccccc1. The van der Waals surface area contributed by atoms with Crippen molar-refractivity contribution in [2.75, 3.05) is 0 Å². The molecule has 20 heavy (non-hydrogen) atoms. The summed E-state index contributed by atoms with van der Waals surface area (Å²) in [6, 6.07) is 18.1. The number of carbonyl (C=O) groups is 2. The third-order valence-corrected chi connectivity index (χ3v) is 2.20. The molecule has 0 saturated heterocycles. The summed E-state index contributed by atoms with van der Waals surface area (Å²) in [5.74, 6) is -0.479. The van der Waals surface area contributed by atoms with Crippen molar-refractivity contribution < 1.29 is 19.4 Å². The van der Waals surface area contributed by atoms with Crippen LogP contribution < -0.4 is 4.74 Å². The normalized spacial score (nSPS) is 9.05. The Bertz CT molecular complexity index is 483. The summed E-state index contributed by atoms with van der Waals surface area (Å²) in [4.78, 5) is 20.6. The van der Waals surface area contributed by atoms with Crippen LogP contribution in [-0.2, 0) is 16.0 Å². The predicted molar refractivity (Wildman–Crippen MR) is 75.5 cm³/mol. The van der Waals surface area contributed by atoms with Crippen molar-refractivity contribution in [2.45, 2.75) is 13.3 Å². The van der Waals surface area contributed by atoms with E-state index in [1.54, 1.807) is 24.3 Å². The van der Waals surface area contributed by atoms with E-state index in [0.717, 1.165) is 5.56 Å². The lowest BCUT2D eigenvalue weighted by molar-refractivity contribution is -0.136. The van der Waals surface area contributed by atoms with Crippen LogP contribution in [0.15, 0.2) is 60.7 Å². The molecule has 0 radical (unpaired) electrons. The molecule has 0 heterocycles. The highest BCUT2D eigenvalue weighted by Gasteiger charge is 1.96. The van der Waals surface area contributed by atoms with Crippen molar-refractivity contribution in [2.24, 2.45) is 0 Å². The van der Waals surface area contributed by atoms with Crippen LogP contribution in [0.5, 0.6) is 5.75 Å². The van der Waals surface area contributed by atoms with E-state index in [1.165, 1.54) is 6.92 Å². The molecule has 0 aromatic heterocycles. The zero-order chi connectivity index (χ0) is 14.8. The number of benzene rings is 2. The van der Waals surface area contributed by atoms with Gasteiger partial charge in [-0.2, -0.15) is 0 Å². The monoisotopic (exact) mass is 272 g/mol. The number of aliphatic carboxylic acids is 1. The van der Waals surface area contributed by atoms with Crippen molar-refractivity contribution in [1.29, 1.82) is 0 Å². The zero-order valence-electron chi connectivity index (χ0n) is 11.2. The molecule has 4 heteroatoms. The quantitative estimate of drug-likeness (QED) is 0.689. The summed E-state index contributed by atoms with van der Waals surface area (Å²) in [6.07, 6.45) is 0.112. The summed E-state index contributed by atoms with van der Waals surface area (Å²) in [5, 5.41) is 8.37. The average Bonchev–Trinajstić information content (AvgIpc) is 2.40. The van der Waals surface area contributed by atoms with Crippen LogP contribution in [0.4, 0.5) is 0 Å². The maximum atomic E-state index is 10.4. The van der Waals surface area contributed by atoms with E-state index in [9.17, 15) is 9.59 Å². The molecule has 1 N–H and O–H groups in total. The van der Waals surface area contributed by atoms with Crippen molar-refractivity contribution in [1.82, 2.24) is 0 Å². The van der Waals surface area contributed by atoms with Gasteiger partial charge in [0.1, 0.15) is 5.75 Å². The van der Waals surface area contributed by atoms with E-state index >= 15 is 0 Å². The van der Waals surface area contributed by atoms with Crippen LogP contribution in [-0.4, -0.2) is 17.0 Å². The summed E-state index contributed by atoms with van der Waals surface area (Å²) >= 11 is 0. The molecular weight excluding hydrogens is 256 g/mol. The lowest BCUT2D eigenvalue weighted by Gasteiger charge is -1.97. The molecule has 0 aliphatic heterocycles. The van der Waals surface area contributed by atoms with Crippen molar-refractivity contribution in [3.63, 3.8) is 0 Å². The Kier molecular flexibility index (Phi) is 6.54. The molecule has 0 fully saturated rings. The fourth-order valence-corrected chi connectivity index (χ4v) is 1.42. The van der Waals surface area contributed by atoms with Gasteiger partial charge in [0, 0.05) is 6.92 Å². The fourth-order valence-electron chi connectivity index (χ4n) is 1.42. The third kappa shape index (κ3) is 6.96. The van der Waals surface area contributed by atoms with Gasteiger partial charge in [0.15, 0.2) is 0 Å². The molecule has 0 amide bonds. The molecule has 0 aliphatic rings. The zero-order valence-corrected chi connectivity index (χ0v) is 11.2. The van der Waals surface area contributed by atoms with Crippen LogP contribution in [0.3, 0.4) is 0 Å². The molecule has 0 spiro atoms. The molecular formula is C16H16O4. The van der Waals surface area contributed by atoms with Gasteiger partial charge >= 0.3 is 11.9 Å². The number of rotatable bonds is 3. The largest absolute Gasteiger partial charge is 0.481 e. The number of esters is 1. The Hall–Kier alpha value is -2.62. The van der Waals surface area contributed by atoms with E-state index in [1.807, 2.05) is 36.4 Å². The summed E-state index contributed by atoms with van der Waals surface area (Å²) < 4.78 is 4.78. The van der Waals surface area contributed by atoms with E-state index < -0.39 is 5.97 Å². The van der Waals surface area contributed by atoms with Gasteiger partial charge in [-0.1, -0.05) is 48.5 Å². The van der Waals surface area contributed by atoms with Gasteiger partial charge in [0.05, 0.1) is 6.42 Å². The first-order chi connectivity index (χ1) is 9.58. The number of carbonyl (C=O) groups excluding carboxylic acids is 1. The van der Waals surface area contributed by atoms with Crippen molar-refractivity contribution >= 4 is 11.9 Å². The first-order valence-corrected chi connectivity index (χ1v) is 6.07. The molecule has 0 atom stereocenters. The third-order valence-electron chi connectivity index (χ3n) is 2.20. The molecule has 0 bridgehead atoms. The highest BCUT2D eigenvalue weighted by Crippen LogP contribution is 2.07. The standard InChI is InChI=1S/2C8H8O2/c1-7(9)10-8-5-3-2-4-6-8;9-8(10)6-7-4-2-1-3-5-7/h2-6H,1H3;1-5H,6H2,(H,9,10). The maximum Gasteiger partial charge on any atom is 0.308 e. The first kappa shape index (κ1) is 15.4. The number of hydrogen-bond donors (Lipinski definition) is 1. The molecule has 2 aromatic carbocycles. The fraction of sp³-hybridized carbons (Fsp3) is 0.125. The Morgan fingerprint density at radius 2 is 1.45 bits per heavy atom. The molecule has 0 aliphatic carbocycles. The second-order valence-electron chi connectivity index (χ2n) is 3.96. The highest BCUT2D eigenvalue weighted by molar-refractivity contribution is 5.70. The van der Waals surface area contributed by atoms with Crippen LogP contribution >= 0.6 is 0 Å². The lowest BCUT2D eigenvalue weighted by Crippen LogP contribution is -2.00. The van der Waals surface area contributed by atoms with Gasteiger partial charge in [-0.25, -0.2) is 0 Å². The van der Waals surface area contributed by atoms with Crippen LogP contribution in [0.25, 0.3) is 0 Å². The number of carboxylic acids is 1. The van der Waals surface area contributed by atoms with Crippen molar-refractivity contribution in [3.05, 3.63) is 66.2 Å². The van der Waals surface area contributed by atoms with E-state index in [-0.39, 0.29) is 12.4 Å². The molecule has 104 valence electrons. The number of para-hydroxylation sites is 1. The van der Waals surface area contributed by atoms with Gasteiger partial charge < -0.3 is 9.84 Å². The Labute approximate surface area is 117 Å². The van der Waals surface area contributed by atoms with Gasteiger partial charge in [-0.15, -0.1) is 0 Å². The minimum atomic E-state index is -0.786. The summed E-state index contributed by atoms with van der Waals surface area (Å²) in [5.41, 5.74) is 0.843. The Morgan fingerprint density at radius 1 is 0.950 bits per heavy atom. The number of carboxylic acid groups (broad SMARTS) is 1. The van der Waals surface area contributed by atoms with Gasteiger partial charge in [0.2, 0.25) is 0 Å². The summed E-state index contributed by atoms with van der Waals surface area (Å²) in [6.45, 7) is 1.38. The lowest BCUT2D eigenvalue weighted by atomic mass is 10.2. The molecule has 0 saturated carbocycles. The average molecular weight is 272 g/mol. The van der Waals surface area contributed by atoms with Gasteiger partial charge in [0.25, 0.3) is 0 Å². The molecule has 2 aromatic rings. The molecule has 4 nitrogen and oxygen atoms in total. The van der Waals surface area contributed by atoms with E-state index in [4.69, 9.17) is 9.84 Å². The first-order valence-electron chi connectivity index (χ1n) is 6.07. The minimum absolute atomic E-state index is 0.112. The van der Waals surface area contributed by atoms with Gasteiger partial charge in [-0.05, 0) is 17.7 Å². The minimum Gasteiger partial charge on any atom is -0.481 e. The second-order valence-corrected chi connectivity index (χ2v) is 3.96. The van der Waals surface area contributed by atoms with E-state index in [2.05, 4.69) is 0 Å². The van der Waals surface area contributed by atoms with Gasteiger partial charge in [-0.3, -0.25) is 9.59 Å². The topological polar surface area (TPSA) is 63.6 Å². The molecule has 2 rings (SSSR count). The number of ether oxygens (including phenoxy) is 1. The van der Waals surface area contributed by atoms with Crippen LogP contribution in [0.2, 0.25) is 0 Å². The highest BCUT2D eigenvalue weighted by atomic mass is 16.5. The summed E-state index contributed by atoms with van der Waals surface area (Å²) in [7, 11) is 0.